The molecule has 3 nitrogen and oxygen atoms in total. The van der Waals surface area contributed by atoms with Crippen molar-refractivity contribution in [2.75, 3.05) is 6.61 Å². The quantitative estimate of drug-likeness (QED) is 0.874. The van der Waals surface area contributed by atoms with Gasteiger partial charge in [0.15, 0.2) is 5.79 Å². The zero-order valence-corrected chi connectivity index (χ0v) is 10.5. The molecular formula is C15H20O3. The van der Waals surface area contributed by atoms with Crippen molar-refractivity contribution in [3.63, 3.8) is 0 Å². The molecule has 98 valence electrons. The normalized spacial score (nSPS) is 28.4. The number of aliphatic hydroxyl groups is 1. The number of benzene rings is 1. The van der Waals surface area contributed by atoms with Crippen molar-refractivity contribution in [3.05, 3.63) is 35.9 Å². The van der Waals surface area contributed by atoms with E-state index in [1.54, 1.807) is 0 Å². The van der Waals surface area contributed by atoms with Gasteiger partial charge in [0.2, 0.25) is 0 Å². The molecule has 1 aromatic rings. The number of hydrogen-bond acceptors (Lipinski definition) is 3. The minimum Gasteiger partial charge on any atom is -0.386 e. The molecule has 1 saturated heterocycles. The van der Waals surface area contributed by atoms with Gasteiger partial charge < -0.3 is 14.6 Å². The van der Waals surface area contributed by atoms with E-state index in [4.69, 9.17) is 9.47 Å². The van der Waals surface area contributed by atoms with Gasteiger partial charge in [0, 0.05) is 12.8 Å². The smallest absolute Gasteiger partial charge is 0.169 e. The summed E-state index contributed by atoms with van der Waals surface area (Å²) in [5.74, 6) is -0.404. The molecule has 0 amide bonds. The molecule has 2 atom stereocenters. The lowest BCUT2D eigenvalue weighted by molar-refractivity contribution is -0.196. The monoisotopic (exact) mass is 248 g/mol. The molecule has 1 heterocycles. The summed E-state index contributed by atoms with van der Waals surface area (Å²) < 4.78 is 11.9. The third-order valence-corrected chi connectivity index (χ3v) is 3.99. The van der Waals surface area contributed by atoms with Crippen molar-refractivity contribution in [1.82, 2.24) is 0 Å². The van der Waals surface area contributed by atoms with E-state index in [1.807, 2.05) is 30.3 Å². The van der Waals surface area contributed by atoms with E-state index in [0.717, 1.165) is 31.2 Å². The van der Waals surface area contributed by atoms with E-state index < -0.39 is 11.9 Å². The van der Waals surface area contributed by atoms with Crippen LogP contribution in [0, 0.1) is 0 Å². The predicted molar refractivity (Wildman–Crippen MR) is 68.0 cm³/mol. The van der Waals surface area contributed by atoms with Crippen LogP contribution >= 0.6 is 0 Å². The Labute approximate surface area is 108 Å². The van der Waals surface area contributed by atoms with Crippen LogP contribution in [0.25, 0.3) is 0 Å². The Morgan fingerprint density at radius 1 is 1.11 bits per heavy atom. The Morgan fingerprint density at radius 2 is 1.83 bits per heavy atom. The van der Waals surface area contributed by atoms with Gasteiger partial charge in [0.1, 0.15) is 12.2 Å². The molecule has 1 aromatic carbocycles. The molecule has 1 N–H and O–H groups in total. The highest BCUT2D eigenvalue weighted by molar-refractivity contribution is 5.18. The Bertz CT molecular complexity index is 384. The molecule has 1 aliphatic carbocycles. The third-order valence-electron chi connectivity index (χ3n) is 3.99. The lowest BCUT2D eigenvalue weighted by Crippen LogP contribution is -2.34. The van der Waals surface area contributed by atoms with Gasteiger partial charge in [-0.15, -0.1) is 0 Å². The molecule has 1 aliphatic heterocycles. The standard InChI is InChI=1S/C15H20O3/c16-14(12-7-3-1-4-8-12)13-11-17-15(18-13)9-5-2-6-10-15/h1,3-4,7-8,13-14,16H,2,5-6,9-11H2/t13-,14-/m1/s1. The maximum Gasteiger partial charge on any atom is 0.169 e. The predicted octanol–water partition coefficient (Wildman–Crippen LogP) is 2.80. The highest BCUT2D eigenvalue weighted by Gasteiger charge is 2.44. The molecule has 2 aliphatic rings. The zero-order valence-electron chi connectivity index (χ0n) is 10.5. The van der Waals surface area contributed by atoms with Crippen molar-refractivity contribution < 1.29 is 14.6 Å². The second-order valence-corrected chi connectivity index (χ2v) is 5.29. The summed E-state index contributed by atoms with van der Waals surface area (Å²) in [6.07, 6.45) is 4.69. The van der Waals surface area contributed by atoms with Gasteiger partial charge in [-0.25, -0.2) is 0 Å². The number of aliphatic hydroxyl groups excluding tert-OH is 1. The molecule has 1 saturated carbocycles. The fraction of sp³-hybridized carbons (Fsp3) is 0.600. The third kappa shape index (κ3) is 2.30. The lowest BCUT2D eigenvalue weighted by Gasteiger charge is -2.32. The molecule has 18 heavy (non-hydrogen) atoms. The van der Waals surface area contributed by atoms with Crippen LogP contribution < -0.4 is 0 Å². The summed E-state index contributed by atoms with van der Waals surface area (Å²) in [6.45, 7) is 0.496. The molecule has 3 heteroatoms. The Kier molecular flexibility index (Phi) is 3.37. The van der Waals surface area contributed by atoms with Crippen molar-refractivity contribution in [2.24, 2.45) is 0 Å². The van der Waals surface area contributed by atoms with E-state index in [-0.39, 0.29) is 6.10 Å². The van der Waals surface area contributed by atoms with Crippen molar-refractivity contribution in [2.45, 2.75) is 50.1 Å². The average molecular weight is 248 g/mol. The van der Waals surface area contributed by atoms with E-state index in [9.17, 15) is 5.11 Å². The van der Waals surface area contributed by atoms with Crippen LogP contribution in [0.3, 0.4) is 0 Å². The Balaban J connectivity index is 1.68. The second kappa shape index (κ2) is 5.00. The first-order valence-electron chi connectivity index (χ1n) is 6.84. The largest absolute Gasteiger partial charge is 0.386 e. The van der Waals surface area contributed by atoms with Gasteiger partial charge in [-0.05, 0) is 18.4 Å². The van der Waals surface area contributed by atoms with E-state index in [0.29, 0.717) is 6.61 Å². The minimum atomic E-state index is -0.590. The van der Waals surface area contributed by atoms with Gasteiger partial charge in [0.25, 0.3) is 0 Å². The average Bonchev–Trinajstić information content (AvgIpc) is 2.83. The van der Waals surface area contributed by atoms with Crippen LogP contribution in [-0.2, 0) is 9.47 Å². The summed E-state index contributed by atoms with van der Waals surface area (Å²) in [4.78, 5) is 0. The molecule has 0 unspecified atom stereocenters. The van der Waals surface area contributed by atoms with E-state index in [1.165, 1.54) is 6.42 Å². The lowest BCUT2D eigenvalue weighted by atomic mass is 9.94. The molecular weight excluding hydrogens is 228 g/mol. The van der Waals surface area contributed by atoms with E-state index >= 15 is 0 Å². The van der Waals surface area contributed by atoms with Crippen LogP contribution in [0.1, 0.15) is 43.8 Å². The summed E-state index contributed by atoms with van der Waals surface area (Å²) >= 11 is 0. The number of hydrogen-bond donors (Lipinski definition) is 1. The molecule has 0 radical (unpaired) electrons. The summed E-state index contributed by atoms with van der Waals surface area (Å²) in [6, 6.07) is 9.68. The maximum atomic E-state index is 10.3. The summed E-state index contributed by atoms with van der Waals surface area (Å²) in [5, 5.41) is 10.3. The van der Waals surface area contributed by atoms with E-state index in [2.05, 4.69) is 0 Å². The van der Waals surface area contributed by atoms with Crippen LogP contribution in [0.2, 0.25) is 0 Å². The molecule has 2 fully saturated rings. The second-order valence-electron chi connectivity index (χ2n) is 5.29. The summed E-state index contributed by atoms with van der Waals surface area (Å²) in [5.41, 5.74) is 0.902. The maximum absolute atomic E-state index is 10.3. The minimum absolute atomic E-state index is 0.231. The van der Waals surface area contributed by atoms with Crippen LogP contribution in [0.15, 0.2) is 30.3 Å². The van der Waals surface area contributed by atoms with Gasteiger partial charge in [-0.2, -0.15) is 0 Å². The zero-order chi connectivity index (χ0) is 12.4. The van der Waals surface area contributed by atoms with Crippen LogP contribution in [0.4, 0.5) is 0 Å². The Morgan fingerprint density at radius 3 is 2.56 bits per heavy atom. The van der Waals surface area contributed by atoms with Crippen molar-refractivity contribution >= 4 is 0 Å². The van der Waals surface area contributed by atoms with Gasteiger partial charge in [-0.3, -0.25) is 0 Å². The van der Waals surface area contributed by atoms with Gasteiger partial charge in [0.05, 0.1) is 6.61 Å². The molecule has 1 spiro atoms. The first-order valence-corrected chi connectivity index (χ1v) is 6.84. The molecule has 0 aromatic heterocycles. The van der Waals surface area contributed by atoms with Crippen LogP contribution in [-0.4, -0.2) is 23.6 Å². The highest BCUT2D eigenvalue weighted by Crippen LogP contribution is 2.40. The number of rotatable bonds is 2. The number of ether oxygens (including phenoxy) is 2. The first-order chi connectivity index (χ1) is 8.79. The Hall–Kier alpha value is -0.900. The first kappa shape index (κ1) is 12.2. The molecule has 0 bridgehead atoms. The van der Waals surface area contributed by atoms with Gasteiger partial charge in [-0.1, -0.05) is 36.8 Å². The van der Waals surface area contributed by atoms with Crippen molar-refractivity contribution in [1.29, 1.82) is 0 Å². The highest BCUT2D eigenvalue weighted by atomic mass is 16.7. The fourth-order valence-corrected chi connectivity index (χ4v) is 2.95. The fourth-order valence-electron chi connectivity index (χ4n) is 2.95. The van der Waals surface area contributed by atoms with Crippen molar-refractivity contribution in [3.8, 4) is 0 Å². The summed E-state index contributed by atoms with van der Waals surface area (Å²) in [7, 11) is 0. The van der Waals surface area contributed by atoms with Crippen LogP contribution in [0.5, 0.6) is 0 Å². The topological polar surface area (TPSA) is 38.7 Å². The van der Waals surface area contributed by atoms with Gasteiger partial charge >= 0.3 is 0 Å². The SMILES string of the molecule is O[C@H](c1ccccc1)[C@H]1COC2(CCCCC2)O1. The molecule has 3 rings (SSSR count).